The molecule has 0 saturated carbocycles. The van der Waals surface area contributed by atoms with E-state index in [1.807, 2.05) is 6.92 Å². The Kier molecular flexibility index (Phi) is 6.64. The number of hydrogen-bond donors (Lipinski definition) is 2. The number of rotatable bonds is 7. The predicted molar refractivity (Wildman–Crippen MR) is 77.1 cm³/mol. The average Bonchev–Trinajstić information content (AvgIpc) is 2.39. The molecule has 0 aromatic heterocycles. The highest BCUT2D eigenvalue weighted by Crippen LogP contribution is 2.17. The molecule has 0 saturated heterocycles. The lowest BCUT2D eigenvalue weighted by Gasteiger charge is -2.11. The van der Waals surface area contributed by atoms with Crippen molar-refractivity contribution in [1.29, 1.82) is 0 Å². The van der Waals surface area contributed by atoms with E-state index in [-0.39, 0.29) is 23.8 Å². The zero-order valence-electron chi connectivity index (χ0n) is 11.2. The summed E-state index contributed by atoms with van der Waals surface area (Å²) in [7, 11) is 0. The van der Waals surface area contributed by atoms with E-state index in [1.165, 1.54) is 18.2 Å². The van der Waals surface area contributed by atoms with Crippen molar-refractivity contribution in [3.8, 4) is 0 Å². The number of carboxylic acids is 1. The first-order valence-corrected chi connectivity index (χ1v) is 7.14. The number of halogens is 2. The highest BCUT2D eigenvalue weighted by Gasteiger charge is 2.11. The van der Waals surface area contributed by atoms with E-state index in [4.69, 9.17) is 5.11 Å². The molecule has 0 fully saturated rings. The summed E-state index contributed by atoms with van der Waals surface area (Å²) in [5, 5.41) is 11.3. The van der Waals surface area contributed by atoms with E-state index in [2.05, 4.69) is 21.2 Å². The summed E-state index contributed by atoms with van der Waals surface area (Å²) in [5.74, 6) is -1.41. The maximum atomic E-state index is 13.1. The van der Waals surface area contributed by atoms with Gasteiger partial charge in [0.2, 0.25) is 0 Å². The van der Waals surface area contributed by atoms with Crippen LogP contribution in [0.25, 0.3) is 0 Å². The molecule has 0 radical (unpaired) electrons. The highest BCUT2D eigenvalue weighted by atomic mass is 79.9. The number of nitrogens with one attached hydrogen (secondary N) is 1. The Labute approximate surface area is 125 Å². The zero-order chi connectivity index (χ0) is 15.1. The number of benzene rings is 1. The molecular formula is C14H17BrFNO3. The Hall–Kier alpha value is -1.43. The molecule has 20 heavy (non-hydrogen) atoms. The van der Waals surface area contributed by atoms with E-state index in [1.54, 1.807) is 0 Å². The molecule has 6 heteroatoms. The number of carbonyl (C=O) groups excluding carboxylic acids is 1. The standard InChI is InChI=1S/C14H17BrFNO3/c1-9(2-5-13(18)19)6-7-17-14(20)11-8-10(16)3-4-12(11)15/h3-4,8-9H,2,5-7H2,1H3,(H,17,20)(H,18,19). The first-order chi connectivity index (χ1) is 9.40. The van der Waals surface area contributed by atoms with E-state index in [0.717, 1.165) is 0 Å². The first kappa shape index (κ1) is 16.6. The van der Waals surface area contributed by atoms with Gasteiger partial charge in [0.05, 0.1) is 5.56 Å². The molecule has 0 aliphatic carbocycles. The van der Waals surface area contributed by atoms with E-state index in [9.17, 15) is 14.0 Å². The van der Waals surface area contributed by atoms with Gasteiger partial charge in [-0.25, -0.2) is 4.39 Å². The lowest BCUT2D eigenvalue weighted by molar-refractivity contribution is -0.137. The van der Waals surface area contributed by atoms with Gasteiger partial charge in [-0.3, -0.25) is 9.59 Å². The van der Waals surface area contributed by atoms with Crippen molar-refractivity contribution in [3.63, 3.8) is 0 Å². The molecule has 1 rings (SSSR count). The third kappa shape index (κ3) is 5.69. The van der Waals surface area contributed by atoms with Crippen molar-refractivity contribution in [2.45, 2.75) is 26.2 Å². The quantitative estimate of drug-likeness (QED) is 0.797. The molecule has 0 heterocycles. The van der Waals surface area contributed by atoms with Gasteiger partial charge in [-0.05, 0) is 52.9 Å². The number of carboxylic acid groups (broad SMARTS) is 1. The van der Waals surface area contributed by atoms with Crippen LogP contribution in [0.5, 0.6) is 0 Å². The molecule has 1 aromatic rings. The largest absolute Gasteiger partial charge is 0.481 e. The summed E-state index contributed by atoms with van der Waals surface area (Å²) in [5.41, 5.74) is 0.253. The lowest BCUT2D eigenvalue weighted by Crippen LogP contribution is -2.26. The normalized spacial score (nSPS) is 11.9. The van der Waals surface area contributed by atoms with Crippen LogP contribution >= 0.6 is 15.9 Å². The fraction of sp³-hybridized carbons (Fsp3) is 0.429. The second kappa shape index (κ2) is 7.99. The molecule has 0 spiro atoms. The zero-order valence-corrected chi connectivity index (χ0v) is 12.7. The molecular weight excluding hydrogens is 329 g/mol. The third-order valence-corrected chi connectivity index (χ3v) is 3.64. The summed E-state index contributed by atoms with van der Waals surface area (Å²) in [6, 6.07) is 3.93. The minimum atomic E-state index is -0.815. The Morgan fingerprint density at radius 1 is 1.40 bits per heavy atom. The highest BCUT2D eigenvalue weighted by molar-refractivity contribution is 9.10. The fourth-order valence-corrected chi connectivity index (χ4v) is 2.14. The Bertz CT molecular complexity index is 493. The third-order valence-electron chi connectivity index (χ3n) is 2.95. The van der Waals surface area contributed by atoms with Gasteiger partial charge in [0.15, 0.2) is 0 Å². The SMILES string of the molecule is CC(CCNC(=O)c1cc(F)ccc1Br)CCC(=O)O. The number of hydrogen-bond acceptors (Lipinski definition) is 2. The Balaban J connectivity index is 2.40. The average molecular weight is 346 g/mol. The minimum Gasteiger partial charge on any atom is -0.481 e. The van der Waals surface area contributed by atoms with Gasteiger partial charge in [-0.1, -0.05) is 6.92 Å². The molecule has 2 N–H and O–H groups in total. The van der Waals surface area contributed by atoms with Crippen LogP contribution < -0.4 is 5.32 Å². The van der Waals surface area contributed by atoms with Crippen molar-refractivity contribution in [2.24, 2.45) is 5.92 Å². The van der Waals surface area contributed by atoms with Gasteiger partial charge in [0.25, 0.3) is 5.91 Å². The van der Waals surface area contributed by atoms with Crippen molar-refractivity contribution in [3.05, 3.63) is 34.1 Å². The maximum Gasteiger partial charge on any atom is 0.303 e. The molecule has 4 nitrogen and oxygen atoms in total. The second-order valence-corrected chi connectivity index (χ2v) is 5.56. The van der Waals surface area contributed by atoms with Crippen LogP contribution in [0.15, 0.2) is 22.7 Å². The van der Waals surface area contributed by atoms with Crippen LogP contribution in [-0.4, -0.2) is 23.5 Å². The topological polar surface area (TPSA) is 66.4 Å². The Morgan fingerprint density at radius 2 is 2.10 bits per heavy atom. The summed E-state index contributed by atoms with van der Waals surface area (Å²) < 4.78 is 13.6. The maximum absolute atomic E-state index is 13.1. The van der Waals surface area contributed by atoms with E-state index < -0.39 is 11.8 Å². The molecule has 1 amide bonds. The van der Waals surface area contributed by atoms with Gasteiger partial charge >= 0.3 is 5.97 Å². The van der Waals surface area contributed by atoms with Crippen molar-refractivity contribution >= 4 is 27.8 Å². The van der Waals surface area contributed by atoms with Crippen LogP contribution in [0, 0.1) is 11.7 Å². The molecule has 1 atom stereocenters. The van der Waals surface area contributed by atoms with Crippen LogP contribution in [0.4, 0.5) is 4.39 Å². The lowest BCUT2D eigenvalue weighted by atomic mass is 10.0. The van der Waals surface area contributed by atoms with Gasteiger partial charge in [-0.15, -0.1) is 0 Å². The van der Waals surface area contributed by atoms with E-state index >= 15 is 0 Å². The summed E-state index contributed by atoms with van der Waals surface area (Å²) in [6.07, 6.45) is 1.39. The summed E-state index contributed by atoms with van der Waals surface area (Å²) >= 11 is 3.20. The monoisotopic (exact) mass is 345 g/mol. The van der Waals surface area contributed by atoms with Crippen LogP contribution in [0.3, 0.4) is 0 Å². The molecule has 0 bridgehead atoms. The number of carbonyl (C=O) groups is 2. The molecule has 110 valence electrons. The van der Waals surface area contributed by atoms with Gasteiger partial charge in [0.1, 0.15) is 5.82 Å². The van der Waals surface area contributed by atoms with Crippen LogP contribution in [-0.2, 0) is 4.79 Å². The molecule has 1 unspecified atom stereocenters. The first-order valence-electron chi connectivity index (χ1n) is 6.35. The Morgan fingerprint density at radius 3 is 2.75 bits per heavy atom. The predicted octanol–water partition coefficient (Wildman–Crippen LogP) is 3.21. The molecule has 0 aliphatic rings. The van der Waals surface area contributed by atoms with Gasteiger partial charge in [-0.2, -0.15) is 0 Å². The molecule has 0 aliphatic heterocycles. The smallest absolute Gasteiger partial charge is 0.303 e. The number of amides is 1. The van der Waals surface area contributed by atoms with Crippen molar-refractivity contribution in [1.82, 2.24) is 5.32 Å². The summed E-state index contributed by atoms with van der Waals surface area (Å²) in [4.78, 5) is 22.3. The summed E-state index contributed by atoms with van der Waals surface area (Å²) in [6.45, 7) is 2.37. The molecule has 1 aromatic carbocycles. The van der Waals surface area contributed by atoms with Gasteiger partial charge in [0, 0.05) is 17.4 Å². The minimum absolute atomic E-state index is 0.130. The van der Waals surface area contributed by atoms with Crippen LogP contribution in [0.1, 0.15) is 36.5 Å². The van der Waals surface area contributed by atoms with Gasteiger partial charge < -0.3 is 10.4 Å². The van der Waals surface area contributed by atoms with Crippen molar-refractivity contribution in [2.75, 3.05) is 6.54 Å². The van der Waals surface area contributed by atoms with Crippen LogP contribution in [0.2, 0.25) is 0 Å². The van der Waals surface area contributed by atoms with E-state index in [0.29, 0.717) is 23.9 Å². The number of aliphatic carboxylic acids is 1. The van der Waals surface area contributed by atoms with Crippen molar-refractivity contribution < 1.29 is 19.1 Å². The fourth-order valence-electron chi connectivity index (χ4n) is 1.71. The second-order valence-electron chi connectivity index (χ2n) is 4.71.